The summed E-state index contributed by atoms with van der Waals surface area (Å²) in [5, 5.41) is 6.76. The van der Waals surface area contributed by atoms with Crippen molar-refractivity contribution in [2.75, 3.05) is 13.1 Å². The zero-order valence-electron chi connectivity index (χ0n) is 13.8. The molecule has 0 amide bonds. The molecule has 0 N–H and O–H groups in total. The first-order valence-corrected chi connectivity index (χ1v) is 8.83. The summed E-state index contributed by atoms with van der Waals surface area (Å²) in [6, 6.07) is 12.3. The molecule has 3 aromatic rings. The van der Waals surface area contributed by atoms with Gasteiger partial charge in [0.1, 0.15) is 0 Å². The van der Waals surface area contributed by atoms with Crippen LogP contribution >= 0.6 is 11.6 Å². The zero-order valence-corrected chi connectivity index (χ0v) is 14.6. The van der Waals surface area contributed by atoms with Gasteiger partial charge in [0.15, 0.2) is 5.65 Å². The summed E-state index contributed by atoms with van der Waals surface area (Å²) in [6.07, 6.45) is 4.23. The summed E-state index contributed by atoms with van der Waals surface area (Å²) >= 11 is 5.99. The van der Waals surface area contributed by atoms with Crippen LogP contribution < -0.4 is 0 Å². The Balaban J connectivity index is 1.55. The van der Waals surface area contributed by atoms with E-state index in [-0.39, 0.29) is 0 Å². The second kappa shape index (κ2) is 6.54. The van der Waals surface area contributed by atoms with E-state index in [9.17, 15) is 0 Å². The summed E-state index contributed by atoms with van der Waals surface area (Å²) in [5.74, 6) is 0.471. The smallest absolute Gasteiger partial charge is 0.157 e. The Bertz CT molecular complexity index is 840. The van der Waals surface area contributed by atoms with Crippen LogP contribution in [0.4, 0.5) is 0 Å². The van der Waals surface area contributed by atoms with Crippen molar-refractivity contribution >= 4 is 22.6 Å². The first-order chi connectivity index (χ1) is 11.7. The van der Waals surface area contributed by atoms with E-state index in [4.69, 9.17) is 16.7 Å². The van der Waals surface area contributed by atoms with Crippen molar-refractivity contribution in [2.45, 2.75) is 25.3 Å². The number of pyridine rings is 1. The standard InChI is InChI=1S/C19H21ClN4/c1-23-19-17(5-2-10-21-19)18(22-23)15-4-3-11-24(13-15)12-14-6-8-16(20)9-7-14/h2,5-10,15H,3-4,11-13H2,1H3. The van der Waals surface area contributed by atoms with E-state index in [1.165, 1.54) is 29.5 Å². The lowest BCUT2D eigenvalue weighted by Crippen LogP contribution is -2.34. The van der Waals surface area contributed by atoms with Crippen molar-refractivity contribution in [3.8, 4) is 0 Å². The van der Waals surface area contributed by atoms with Crippen molar-refractivity contribution in [3.63, 3.8) is 0 Å². The second-order valence-corrected chi connectivity index (χ2v) is 7.02. The van der Waals surface area contributed by atoms with Crippen molar-refractivity contribution in [1.82, 2.24) is 19.7 Å². The fourth-order valence-electron chi connectivity index (χ4n) is 3.69. The summed E-state index contributed by atoms with van der Waals surface area (Å²) in [6.45, 7) is 3.16. The Morgan fingerprint density at radius 3 is 2.88 bits per heavy atom. The fraction of sp³-hybridized carbons (Fsp3) is 0.368. The van der Waals surface area contributed by atoms with E-state index >= 15 is 0 Å². The van der Waals surface area contributed by atoms with E-state index < -0.39 is 0 Å². The van der Waals surface area contributed by atoms with Gasteiger partial charge >= 0.3 is 0 Å². The molecule has 1 aromatic carbocycles. The monoisotopic (exact) mass is 340 g/mol. The molecule has 1 aliphatic rings. The number of piperidine rings is 1. The summed E-state index contributed by atoms with van der Waals surface area (Å²) < 4.78 is 1.91. The quantitative estimate of drug-likeness (QED) is 0.722. The largest absolute Gasteiger partial charge is 0.298 e. The van der Waals surface area contributed by atoms with Crippen LogP contribution in [0.1, 0.15) is 30.0 Å². The van der Waals surface area contributed by atoms with E-state index in [0.717, 1.165) is 30.3 Å². The summed E-state index contributed by atoms with van der Waals surface area (Å²) in [4.78, 5) is 6.99. The number of hydrogen-bond acceptors (Lipinski definition) is 3. The molecule has 1 unspecified atom stereocenters. The van der Waals surface area contributed by atoms with Gasteiger partial charge in [0.25, 0.3) is 0 Å². The van der Waals surface area contributed by atoms with Gasteiger partial charge in [-0.3, -0.25) is 9.58 Å². The summed E-state index contributed by atoms with van der Waals surface area (Å²) in [7, 11) is 1.98. The predicted molar refractivity (Wildman–Crippen MR) is 97.2 cm³/mol. The number of halogens is 1. The van der Waals surface area contributed by atoms with Gasteiger partial charge in [0, 0.05) is 42.7 Å². The van der Waals surface area contributed by atoms with E-state index in [1.807, 2.05) is 36.1 Å². The number of aromatic nitrogens is 3. The van der Waals surface area contributed by atoms with E-state index in [2.05, 4.69) is 28.1 Å². The molecule has 1 saturated heterocycles. The number of likely N-dealkylation sites (tertiary alicyclic amines) is 1. The van der Waals surface area contributed by atoms with Crippen molar-refractivity contribution in [2.24, 2.45) is 7.05 Å². The highest BCUT2D eigenvalue weighted by Gasteiger charge is 2.25. The number of rotatable bonds is 3. The van der Waals surface area contributed by atoms with Crippen molar-refractivity contribution < 1.29 is 0 Å². The molecule has 1 fully saturated rings. The van der Waals surface area contributed by atoms with Crippen LogP contribution in [0.3, 0.4) is 0 Å². The minimum atomic E-state index is 0.471. The summed E-state index contributed by atoms with van der Waals surface area (Å²) in [5.41, 5.74) is 3.48. The number of benzene rings is 1. The first kappa shape index (κ1) is 15.6. The van der Waals surface area contributed by atoms with E-state index in [0.29, 0.717) is 5.92 Å². The average Bonchev–Trinajstić information content (AvgIpc) is 2.95. The van der Waals surface area contributed by atoms with Crippen molar-refractivity contribution in [3.05, 3.63) is 58.9 Å². The molecule has 124 valence electrons. The normalized spacial score (nSPS) is 19.0. The molecule has 0 spiro atoms. The maximum atomic E-state index is 5.99. The minimum absolute atomic E-state index is 0.471. The van der Waals surface area contributed by atoms with Gasteiger partial charge in [0.05, 0.1) is 5.69 Å². The number of aryl methyl sites for hydroxylation is 1. The molecule has 2 aromatic heterocycles. The van der Waals surface area contributed by atoms with E-state index in [1.54, 1.807) is 0 Å². The van der Waals surface area contributed by atoms with Crippen LogP contribution in [-0.2, 0) is 13.6 Å². The third kappa shape index (κ3) is 3.04. The first-order valence-electron chi connectivity index (χ1n) is 8.45. The topological polar surface area (TPSA) is 34.0 Å². The minimum Gasteiger partial charge on any atom is -0.298 e. The van der Waals surface area contributed by atoms with Gasteiger partial charge < -0.3 is 0 Å². The lowest BCUT2D eigenvalue weighted by molar-refractivity contribution is 0.198. The number of nitrogens with zero attached hydrogens (tertiary/aromatic N) is 4. The molecule has 3 heterocycles. The van der Waals surface area contributed by atoms with Crippen LogP contribution in [0.15, 0.2) is 42.6 Å². The molecule has 5 heteroatoms. The van der Waals surface area contributed by atoms with Crippen molar-refractivity contribution in [1.29, 1.82) is 0 Å². The average molecular weight is 341 g/mol. The predicted octanol–water partition coefficient (Wildman–Crippen LogP) is 4.00. The highest BCUT2D eigenvalue weighted by Crippen LogP contribution is 2.31. The van der Waals surface area contributed by atoms with Gasteiger partial charge in [-0.05, 0) is 49.2 Å². The number of fused-ring (bicyclic) bond motifs is 1. The molecule has 0 radical (unpaired) electrons. The maximum Gasteiger partial charge on any atom is 0.157 e. The lowest BCUT2D eigenvalue weighted by atomic mass is 9.93. The second-order valence-electron chi connectivity index (χ2n) is 6.58. The van der Waals surface area contributed by atoms with Gasteiger partial charge in [-0.25, -0.2) is 4.98 Å². The lowest BCUT2D eigenvalue weighted by Gasteiger charge is -2.32. The third-order valence-electron chi connectivity index (χ3n) is 4.84. The van der Waals surface area contributed by atoms with Crippen LogP contribution in [0.5, 0.6) is 0 Å². The molecular formula is C19H21ClN4. The van der Waals surface area contributed by atoms with Gasteiger partial charge in [-0.1, -0.05) is 23.7 Å². The molecule has 0 bridgehead atoms. The molecule has 1 atom stereocenters. The Labute approximate surface area is 147 Å². The Morgan fingerprint density at radius 2 is 2.04 bits per heavy atom. The van der Waals surface area contributed by atoms with Gasteiger partial charge in [0.2, 0.25) is 0 Å². The molecule has 4 rings (SSSR count). The van der Waals surface area contributed by atoms with Crippen LogP contribution in [0, 0.1) is 0 Å². The van der Waals surface area contributed by atoms with Crippen LogP contribution in [-0.4, -0.2) is 32.8 Å². The maximum absolute atomic E-state index is 5.99. The molecular weight excluding hydrogens is 320 g/mol. The molecule has 0 aliphatic carbocycles. The Hall–Kier alpha value is -1.91. The zero-order chi connectivity index (χ0) is 16.5. The number of hydrogen-bond donors (Lipinski definition) is 0. The highest BCUT2D eigenvalue weighted by molar-refractivity contribution is 6.30. The van der Waals surface area contributed by atoms with Crippen LogP contribution in [0.25, 0.3) is 11.0 Å². The molecule has 4 nitrogen and oxygen atoms in total. The molecule has 1 aliphatic heterocycles. The molecule has 0 saturated carbocycles. The van der Waals surface area contributed by atoms with Gasteiger partial charge in [-0.2, -0.15) is 5.10 Å². The third-order valence-corrected chi connectivity index (χ3v) is 5.09. The Morgan fingerprint density at radius 1 is 1.21 bits per heavy atom. The molecule has 24 heavy (non-hydrogen) atoms. The SMILES string of the molecule is Cn1nc(C2CCCN(Cc3ccc(Cl)cc3)C2)c2cccnc21. The fourth-order valence-corrected chi connectivity index (χ4v) is 3.82. The Kier molecular flexibility index (Phi) is 4.25. The highest BCUT2D eigenvalue weighted by atomic mass is 35.5. The van der Waals surface area contributed by atoms with Gasteiger partial charge in [-0.15, -0.1) is 0 Å². The van der Waals surface area contributed by atoms with Crippen LogP contribution in [0.2, 0.25) is 5.02 Å².